The van der Waals surface area contributed by atoms with E-state index in [2.05, 4.69) is 5.32 Å². The van der Waals surface area contributed by atoms with Crippen LogP contribution in [0.2, 0.25) is 0 Å². The first-order chi connectivity index (χ1) is 4.86. The summed E-state index contributed by atoms with van der Waals surface area (Å²) in [7, 11) is 0. The average molecular weight is 139 g/mol. The second-order valence-corrected chi connectivity index (χ2v) is 2.11. The van der Waals surface area contributed by atoms with Gasteiger partial charge in [0.15, 0.2) is 6.73 Å². The number of benzene rings is 1. The molecule has 1 aliphatic heterocycles. The molecule has 10 heavy (non-hydrogen) atoms. The topological polar surface area (TPSA) is 21.3 Å². The predicted molar refractivity (Wildman–Crippen MR) is 35.5 cm³/mol. The molecule has 0 spiro atoms. The van der Waals surface area contributed by atoms with Crippen LogP contribution in [0.1, 0.15) is 0 Å². The number of hydrogen-bond donors (Lipinski definition) is 1. The van der Waals surface area contributed by atoms with Gasteiger partial charge in [0.2, 0.25) is 0 Å². The van der Waals surface area contributed by atoms with Crippen LogP contribution in [-0.2, 0) is 0 Å². The molecule has 0 radical (unpaired) electrons. The molecule has 1 N–H and O–H groups in total. The van der Waals surface area contributed by atoms with Crippen molar-refractivity contribution in [3.8, 4) is 5.75 Å². The van der Waals surface area contributed by atoms with Gasteiger partial charge in [0.05, 0.1) is 5.69 Å². The van der Waals surface area contributed by atoms with Gasteiger partial charge in [-0.15, -0.1) is 0 Å². The van der Waals surface area contributed by atoms with E-state index in [0.29, 0.717) is 6.73 Å². The summed E-state index contributed by atoms with van der Waals surface area (Å²) in [5, 5.41) is 2.88. The van der Waals surface area contributed by atoms with Crippen molar-refractivity contribution in [3.05, 3.63) is 24.0 Å². The summed E-state index contributed by atoms with van der Waals surface area (Å²) < 4.78 is 17.5. The maximum absolute atomic E-state index is 12.5. The molecular weight excluding hydrogens is 133 g/mol. The van der Waals surface area contributed by atoms with Crippen LogP contribution in [0.25, 0.3) is 0 Å². The quantitative estimate of drug-likeness (QED) is 0.589. The zero-order valence-corrected chi connectivity index (χ0v) is 5.23. The van der Waals surface area contributed by atoms with Crippen molar-refractivity contribution >= 4 is 5.69 Å². The van der Waals surface area contributed by atoms with Crippen LogP contribution in [0.4, 0.5) is 10.1 Å². The lowest BCUT2D eigenvalue weighted by atomic mass is 10.3. The van der Waals surface area contributed by atoms with Gasteiger partial charge in [-0.3, -0.25) is 0 Å². The Bertz CT molecular complexity index is 262. The minimum Gasteiger partial charge on any atom is -0.471 e. The molecule has 52 valence electrons. The average Bonchev–Trinajstić information content (AvgIpc) is 2.33. The molecule has 0 bridgehead atoms. The third kappa shape index (κ3) is 0.708. The molecule has 1 aliphatic rings. The lowest BCUT2D eigenvalue weighted by Gasteiger charge is -1.94. The van der Waals surface area contributed by atoms with Crippen LogP contribution < -0.4 is 10.1 Å². The molecule has 1 aromatic carbocycles. The van der Waals surface area contributed by atoms with E-state index in [1.54, 1.807) is 6.07 Å². The Morgan fingerprint density at radius 3 is 3.30 bits per heavy atom. The minimum atomic E-state index is -0.239. The highest BCUT2D eigenvalue weighted by Crippen LogP contribution is 2.28. The first-order valence-corrected chi connectivity index (χ1v) is 3.02. The summed E-state index contributed by atoms with van der Waals surface area (Å²) in [4.78, 5) is 0. The first kappa shape index (κ1) is 5.53. The van der Waals surface area contributed by atoms with Gasteiger partial charge in [-0.05, 0) is 12.1 Å². The Morgan fingerprint density at radius 2 is 2.40 bits per heavy atom. The van der Waals surface area contributed by atoms with Crippen LogP contribution in [0.5, 0.6) is 5.75 Å². The van der Waals surface area contributed by atoms with Crippen molar-refractivity contribution < 1.29 is 9.13 Å². The van der Waals surface area contributed by atoms with Gasteiger partial charge in [0.1, 0.15) is 11.6 Å². The molecule has 3 heteroatoms. The maximum atomic E-state index is 12.5. The molecule has 0 saturated carbocycles. The van der Waals surface area contributed by atoms with Crippen LogP contribution >= 0.6 is 0 Å². The highest BCUT2D eigenvalue weighted by molar-refractivity contribution is 5.58. The monoisotopic (exact) mass is 139 g/mol. The second-order valence-electron chi connectivity index (χ2n) is 2.11. The van der Waals surface area contributed by atoms with Crippen LogP contribution in [0, 0.1) is 5.82 Å². The van der Waals surface area contributed by atoms with E-state index >= 15 is 0 Å². The summed E-state index contributed by atoms with van der Waals surface area (Å²) in [6.07, 6.45) is 0. The summed E-state index contributed by atoms with van der Waals surface area (Å²) >= 11 is 0. The van der Waals surface area contributed by atoms with Crippen molar-refractivity contribution in [1.29, 1.82) is 0 Å². The Morgan fingerprint density at radius 1 is 1.50 bits per heavy atom. The predicted octanol–water partition coefficient (Wildman–Crippen LogP) is 1.59. The van der Waals surface area contributed by atoms with Gasteiger partial charge in [0.25, 0.3) is 0 Å². The van der Waals surface area contributed by atoms with E-state index in [9.17, 15) is 4.39 Å². The number of hydrogen-bond acceptors (Lipinski definition) is 2. The summed E-state index contributed by atoms with van der Waals surface area (Å²) in [6.45, 7) is 0.443. The SMILES string of the molecule is Fc1ccc2c(c1)NCO2. The van der Waals surface area contributed by atoms with Crippen LogP contribution in [0.15, 0.2) is 18.2 Å². The van der Waals surface area contributed by atoms with Gasteiger partial charge in [-0.25, -0.2) is 4.39 Å². The molecule has 0 saturated heterocycles. The Hall–Kier alpha value is -1.25. The molecule has 1 heterocycles. The lowest BCUT2D eigenvalue weighted by Crippen LogP contribution is -1.96. The molecule has 0 fully saturated rings. The Labute approximate surface area is 57.6 Å². The number of ether oxygens (including phenoxy) is 1. The largest absolute Gasteiger partial charge is 0.471 e. The Balaban J connectivity index is 2.52. The number of halogens is 1. The van der Waals surface area contributed by atoms with Crippen LogP contribution in [0.3, 0.4) is 0 Å². The zero-order valence-electron chi connectivity index (χ0n) is 5.23. The fourth-order valence-corrected chi connectivity index (χ4v) is 0.958. The Kier molecular flexibility index (Phi) is 1.03. The number of fused-ring (bicyclic) bond motifs is 1. The van der Waals surface area contributed by atoms with E-state index in [1.165, 1.54) is 12.1 Å². The lowest BCUT2D eigenvalue weighted by molar-refractivity contribution is 0.372. The standard InChI is InChI=1S/C7H6FNO/c8-5-1-2-7-6(3-5)9-4-10-7/h1-3,9H,4H2. The van der Waals surface area contributed by atoms with Gasteiger partial charge >= 0.3 is 0 Å². The van der Waals surface area contributed by atoms with E-state index < -0.39 is 0 Å². The fourth-order valence-electron chi connectivity index (χ4n) is 0.958. The summed E-state index contributed by atoms with van der Waals surface area (Å²) in [5.74, 6) is 0.484. The summed E-state index contributed by atoms with van der Waals surface area (Å²) in [5.41, 5.74) is 0.736. The van der Waals surface area contributed by atoms with E-state index in [1.807, 2.05) is 0 Å². The van der Waals surface area contributed by atoms with Crippen molar-refractivity contribution in [2.75, 3.05) is 12.0 Å². The van der Waals surface area contributed by atoms with Gasteiger partial charge < -0.3 is 10.1 Å². The van der Waals surface area contributed by atoms with Crippen molar-refractivity contribution in [1.82, 2.24) is 0 Å². The highest BCUT2D eigenvalue weighted by atomic mass is 19.1. The fraction of sp³-hybridized carbons (Fsp3) is 0.143. The summed E-state index contributed by atoms with van der Waals surface area (Å²) in [6, 6.07) is 4.42. The molecular formula is C7H6FNO. The maximum Gasteiger partial charge on any atom is 0.159 e. The minimum absolute atomic E-state index is 0.239. The number of rotatable bonds is 0. The normalized spacial score (nSPS) is 13.7. The zero-order chi connectivity index (χ0) is 6.97. The van der Waals surface area contributed by atoms with Crippen molar-refractivity contribution in [2.24, 2.45) is 0 Å². The van der Waals surface area contributed by atoms with Crippen molar-refractivity contribution in [3.63, 3.8) is 0 Å². The third-order valence-electron chi connectivity index (χ3n) is 1.43. The van der Waals surface area contributed by atoms with Crippen LogP contribution in [-0.4, -0.2) is 6.73 Å². The number of anilines is 1. The molecule has 2 rings (SSSR count). The van der Waals surface area contributed by atoms with E-state index in [4.69, 9.17) is 4.74 Å². The molecule has 2 nitrogen and oxygen atoms in total. The molecule has 1 aromatic rings. The smallest absolute Gasteiger partial charge is 0.159 e. The molecule has 0 atom stereocenters. The number of nitrogens with one attached hydrogen (secondary N) is 1. The molecule has 0 unspecified atom stereocenters. The van der Waals surface area contributed by atoms with E-state index in [0.717, 1.165) is 11.4 Å². The van der Waals surface area contributed by atoms with E-state index in [-0.39, 0.29) is 5.82 Å². The molecule has 0 aromatic heterocycles. The van der Waals surface area contributed by atoms with Gasteiger partial charge in [-0.2, -0.15) is 0 Å². The highest BCUT2D eigenvalue weighted by Gasteiger charge is 2.09. The van der Waals surface area contributed by atoms with Gasteiger partial charge in [0, 0.05) is 6.07 Å². The third-order valence-corrected chi connectivity index (χ3v) is 1.43. The van der Waals surface area contributed by atoms with Crippen molar-refractivity contribution in [2.45, 2.75) is 0 Å². The second kappa shape index (κ2) is 1.87. The first-order valence-electron chi connectivity index (χ1n) is 3.02. The molecule has 0 amide bonds. The van der Waals surface area contributed by atoms with Gasteiger partial charge in [-0.1, -0.05) is 0 Å². The molecule has 0 aliphatic carbocycles.